The lowest BCUT2D eigenvalue weighted by molar-refractivity contribution is -0.134. The number of halogens is 1. The Morgan fingerprint density at radius 2 is 2.14 bits per heavy atom. The molecule has 3 N–H and O–H groups in total. The van der Waals surface area contributed by atoms with E-state index in [1.165, 1.54) is 6.42 Å². The van der Waals surface area contributed by atoms with Gasteiger partial charge in [0.25, 0.3) is 0 Å². The van der Waals surface area contributed by atoms with Crippen LogP contribution in [0.15, 0.2) is 0 Å². The van der Waals surface area contributed by atoms with E-state index >= 15 is 0 Å². The normalized spacial score (nSPS) is 28.2. The second-order valence-electron chi connectivity index (χ2n) is 6.61. The molecule has 2 rings (SSSR count). The van der Waals surface area contributed by atoms with Crippen molar-refractivity contribution in [3.63, 3.8) is 0 Å². The maximum atomic E-state index is 12.6. The average molecular weight is 332 g/mol. The molecule has 2 fully saturated rings. The minimum absolute atomic E-state index is 0. The summed E-state index contributed by atoms with van der Waals surface area (Å²) in [5.74, 6) is 0.639. The number of hydrogen-bond acceptors (Lipinski definition) is 3. The molecule has 6 heteroatoms. The van der Waals surface area contributed by atoms with Crippen LogP contribution in [0.4, 0.5) is 0 Å². The molecule has 0 bridgehead atoms. The summed E-state index contributed by atoms with van der Waals surface area (Å²) in [4.78, 5) is 24.3. The van der Waals surface area contributed by atoms with Crippen LogP contribution in [0.5, 0.6) is 0 Å². The molecule has 3 atom stereocenters. The minimum Gasteiger partial charge on any atom is -0.355 e. The van der Waals surface area contributed by atoms with E-state index < -0.39 is 0 Å². The van der Waals surface area contributed by atoms with Crippen molar-refractivity contribution in [2.75, 3.05) is 19.6 Å². The predicted octanol–water partition coefficient (Wildman–Crippen LogP) is 1.61. The van der Waals surface area contributed by atoms with E-state index in [-0.39, 0.29) is 35.7 Å². The molecule has 1 saturated carbocycles. The van der Waals surface area contributed by atoms with Crippen molar-refractivity contribution < 1.29 is 9.59 Å². The fraction of sp³-hybridized carbons (Fsp3) is 0.875. The van der Waals surface area contributed by atoms with Crippen LogP contribution in [0.2, 0.25) is 0 Å². The maximum Gasteiger partial charge on any atom is 0.227 e. The van der Waals surface area contributed by atoms with Gasteiger partial charge >= 0.3 is 0 Å². The van der Waals surface area contributed by atoms with Gasteiger partial charge in [0.15, 0.2) is 0 Å². The number of hydrogen-bond donors (Lipinski definition) is 3. The fourth-order valence-corrected chi connectivity index (χ4v) is 3.61. The van der Waals surface area contributed by atoms with Crippen LogP contribution < -0.4 is 16.0 Å². The number of amides is 2. The van der Waals surface area contributed by atoms with Gasteiger partial charge in [0.2, 0.25) is 11.8 Å². The van der Waals surface area contributed by atoms with Gasteiger partial charge in [-0.3, -0.25) is 9.59 Å². The molecule has 1 aliphatic carbocycles. The zero-order valence-electron chi connectivity index (χ0n) is 13.7. The Labute approximate surface area is 139 Å². The molecular formula is C16H30ClN3O2. The summed E-state index contributed by atoms with van der Waals surface area (Å²) in [5, 5.41) is 9.30. The molecule has 2 aliphatic rings. The molecule has 5 nitrogen and oxygen atoms in total. The van der Waals surface area contributed by atoms with Gasteiger partial charge < -0.3 is 16.0 Å². The number of nitrogens with one attached hydrogen (secondary N) is 3. The molecule has 0 aromatic heterocycles. The molecule has 2 amide bonds. The summed E-state index contributed by atoms with van der Waals surface area (Å²) in [5.41, 5.74) is -0.217. The lowest BCUT2D eigenvalue weighted by atomic mass is 9.67. The van der Waals surface area contributed by atoms with Crippen molar-refractivity contribution in [1.29, 1.82) is 0 Å². The van der Waals surface area contributed by atoms with E-state index in [9.17, 15) is 9.59 Å². The topological polar surface area (TPSA) is 70.2 Å². The van der Waals surface area contributed by atoms with Crippen LogP contribution in [0.25, 0.3) is 0 Å². The highest BCUT2D eigenvalue weighted by Crippen LogP contribution is 2.43. The zero-order valence-corrected chi connectivity index (χ0v) is 14.6. The smallest absolute Gasteiger partial charge is 0.227 e. The van der Waals surface area contributed by atoms with Crippen molar-refractivity contribution in [1.82, 2.24) is 16.0 Å². The summed E-state index contributed by atoms with van der Waals surface area (Å²) in [6.45, 7) is 6.23. The van der Waals surface area contributed by atoms with Crippen LogP contribution in [-0.4, -0.2) is 37.5 Å². The van der Waals surface area contributed by atoms with Gasteiger partial charge in [-0.2, -0.15) is 0 Å². The maximum absolute atomic E-state index is 12.6. The molecule has 0 radical (unpaired) electrons. The van der Waals surface area contributed by atoms with E-state index in [0.717, 1.165) is 38.8 Å². The largest absolute Gasteiger partial charge is 0.355 e. The molecule has 0 aromatic rings. The highest BCUT2D eigenvalue weighted by Gasteiger charge is 2.49. The van der Waals surface area contributed by atoms with E-state index in [4.69, 9.17) is 0 Å². The molecular weight excluding hydrogens is 302 g/mol. The minimum atomic E-state index is -0.217. The highest BCUT2D eigenvalue weighted by molar-refractivity contribution is 5.85. The monoisotopic (exact) mass is 331 g/mol. The van der Waals surface area contributed by atoms with Crippen molar-refractivity contribution in [2.24, 2.45) is 11.3 Å². The number of carbonyl (C=O) groups is 2. The number of rotatable bonds is 6. The molecule has 1 saturated heterocycles. The van der Waals surface area contributed by atoms with E-state index in [0.29, 0.717) is 18.9 Å². The molecule has 128 valence electrons. The van der Waals surface area contributed by atoms with E-state index in [1.54, 1.807) is 0 Å². The summed E-state index contributed by atoms with van der Waals surface area (Å²) in [6.07, 6.45) is 5.79. The molecule has 1 heterocycles. The highest BCUT2D eigenvalue weighted by atomic mass is 35.5. The molecule has 1 aliphatic heterocycles. The first-order valence-corrected chi connectivity index (χ1v) is 8.37. The predicted molar refractivity (Wildman–Crippen MR) is 90.0 cm³/mol. The van der Waals surface area contributed by atoms with Crippen molar-refractivity contribution in [2.45, 2.75) is 58.4 Å². The third-order valence-electron chi connectivity index (χ3n) is 5.15. The van der Waals surface area contributed by atoms with Gasteiger partial charge in [0.05, 0.1) is 5.41 Å². The third-order valence-corrected chi connectivity index (χ3v) is 5.15. The van der Waals surface area contributed by atoms with Gasteiger partial charge in [-0.25, -0.2) is 0 Å². The second kappa shape index (κ2) is 8.73. The fourth-order valence-electron chi connectivity index (χ4n) is 3.61. The van der Waals surface area contributed by atoms with Gasteiger partial charge in [0, 0.05) is 25.6 Å². The van der Waals surface area contributed by atoms with Crippen molar-refractivity contribution >= 4 is 24.2 Å². The van der Waals surface area contributed by atoms with Gasteiger partial charge in [0.1, 0.15) is 0 Å². The van der Waals surface area contributed by atoms with Crippen LogP contribution in [0.1, 0.15) is 52.4 Å². The van der Waals surface area contributed by atoms with Crippen LogP contribution in [-0.2, 0) is 9.59 Å². The summed E-state index contributed by atoms with van der Waals surface area (Å²) in [6, 6.07) is 0.202. The van der Waals surface area contributed by atoms with E-state index in [2.05, 4.69) is 16.0 Å². The van der Waals surface area contributed by atoms with Gasteiger partial charge in [-0.15, -0.1) is 12.4 Å². The van der Waals surface area contributed by atoms with Gasteiger partial charge in [-0.05, 0) is 38.6 Å². The Bertz CT molecular complexity index is 392. The molecule has 0 spiro atoms. The number of fused-ring (bicyclic) bond motifs is 1. The molecule has 0 aromatic carbocycles. The van der Waals surface area contributed by atoms with E-state index in [1.807, 2.05) is 13.8 Å². The first-order chi connectivity index (χ1) is 10.1. The standard InChI is InChI=1S/C16H29N3O2.ClH/c1-3-12(2)19-14(20)7-9-18-15(21)16-8-5-4-6-13(16)10-17-11-16;/h12-13,17H,3-11H2,1-2H3,(H,18,21)(H,19,20);1H/t12?,13-,16+;/m0./s1. The lowest BCUT2D eigenvalue weighted by Crippen LogP contribution is -2.48. The van der Waals surface area contributed by atoms with Crippen LogP contribution in [0.3, 0.4) is 0 Å². The first-order valence-electron chi connectivity index (χ1n) is 8.37. The first kappa shape index (κ1) is 19.2. The van der Waals surface area contributed by atoms with Crippen LogP contribution in [0, 0.1) is 11.3 Å². The Balaban J connectivity index is 0.00000242. The molecule has 22 heavy (non-hydrogen) atoms. The lowest BCUT2D eigenvalue weighted by Gasteiger charge is -2.37. The Kier molecular flexibility index (Phi) is 7.63. The number of carbonyl (C=O) groups excluding carboxylic acids is 2. The van der Waals surface area contributed by atoms with Crippen molar-refractivity contribution in [3.05, 3.63) is 0 Å². The molecule has 1 unspecified atom stereocenters. The second-order valence-corrected chi connectivity index (χ2v) is 6.61. The Morgan fingerprint density at radius 1 is 1.36 bits per heavy atom. The summed E-state index contributed by atoms with van der Waals surface area (Å²) >= 11 is 0. The summed E-state index contributed by atoms with van der Waals surface area (Å²) < 4.78 is 0. The zero-order chi connectivity index (χ0) is 15.3. The average Bonchev–Trinajstić information content (AvgIpc) is 2.92. The quantitative estimate of drug-likeness (QED) is 0.692. The Hall–Kier alpha value is -0.810. The van der Waals surface area contributed by atoms with Crippen LogP contribution >= 0.6 is 12.4 Å². The summed E-state index contributed by atoms with van der Waals surface area (Å²) in [7, 11) is 0. The third kappa shape index (κ3) is 4.35. The SMILES string of the molecule is CCC(C)NC(=O)CCNC(=O)[C@@]12CCCC[C@H]1CNC2.Cl. The van der Waals surface area contributed by atoms with Gasteiger partial charge in [-0.1, -0.05) is 19.8 Å². The Morgan fingerprint density at radius 3 is 2.86 bits per heavy atom. The van der Waals surface area contributed by atoms with Crippen molar-refractivity contribution in [3.8, 4) is 0 Å².